The molecule has 4 nitrogen and oxygen atoms in total. The number of nitrogens with zero attached hydrogens (tertiary/aromatic N) is 1. The van der Waals surface area contributed by atoms with Crippen LogP contribution in [0.3, 0.4) is 0 Å². The average Bonchev–Trinajstić information content (AvgIpc) is 2.62. The van der Waals surface area contributed by atoms with E-state index < -0.39 is 6.10 Å². The number of rotatable bonds is 7. The molecule has 5 heteroatoms. The molecule has 0 radical (unpaired) electrons. The number of para-hydroxylation sites is 1. The van der Waals surface area contributed by atoms with Gasteiger partial charge in [-0.3, -0.25) is 4.79 Å². The van der Waals surface area contributed by atoms with Gasteiger partial charge in [0.05, 0.1) is 17.7 Å². The molecule has 0 saturated heterocycles. The third kappa shape index (κ3) is 4.85. The number of carbonyl (C=O) groups excluding carboxylic acids is 1. The first kappa shape index (κ1) is 18.1. The maximum atomic E-state index is 12.6. The molecule has 0 bridgehead atoms. The number of methoxy groups -OCH3 is 1. The van der Waals surface area contributed by atoms with Crippen LogP contribution >= 0.6 is 11.8 Å². The van der Waals surface area contributed by atoms with E-state index in [-0.39, 0.29) is 11.8 Å². The molecule has 0 fully saturated rings. The van der Waals surface area contributed by atoms with Crippen molar-refractivity contribution in [3.63, 3.8) is 0 Å². The Hall–Kier alpha value is -2.29. The number of benzene rings is 2. The molecular formula is C19H20N2O2S. The van der Waals surface area contributed by atoms with E-state index >= 15 is 0 Å². The van der Waals surface area contributed by atoms with Crippen molar-refractivity contribution in [1.82, 2.24) is 0 Å². The van der Waals surface area contributed by atoms with Gasteiger partial charge in [0.15, 0.2) is 6.10 Å². The summed E-state index contributed by atoms with van der Waals surface area (Å²) in [6.45, 7) is 1.88. The number of anilines is 1. The van der Waals surface area contributed by atoms with Gasteiger partial charge in [-0.1, -0.05) is 42.5 Å². The highest BCUT2D eigenvalue weighted by molar-refractivity contribution is 7.99. The molecule has 1 amide bonds. The average molecular weight is 340 g/mol. The summed E-state index contributed by atoms with van der Waals surface area (Å²) in [5, 5.41) is 11.8. The van der Waals surface area contributed by atoms with E-state index in [1.54, 1.807) is 11.8 Å². The highest BCUT2D eigenvalue weighted by Gasteiger charge is 2.20. The van der Waals surface area contributed by atoms with Crippen LogP contribution in [0.1, 0.15) is 18.6 Å². The standard InChI is InChI=1S/C19H20N2O2S/c1-14(12-20)13-24-17-11-7-6-10-16(17)21-19(22)18(23-2)15-8-4-3-5-9-15/h3-11,14,18H,13H2,1-2H3,(H,21,22)/t14-,18+/m0/s1. The van der Waals surface area contributed by atoms with Crippen LogP contribution in [0.15, 0.2) is 59.5 Å². The lowest BCUT2D eigenvalue weighted by Crippen LogP contribution is -2.22. The molecule has 0 aliphatic heterocycles. The van der Waals surface area contributed by atoms with Gasteiger partial charge < -0.3 is 10.1 Å². The minimum Gasteiger partial charge on any atom is -0.367 e. The van der Waals surface area contributed by atoms with Gasteiger partial charge in [-0.05, 0) is 24.6 Å². The Labute approximate surface area is 146 Å². The molecule has 124 valence electrons. The van der Waals surface area contributed by atoms with Crippen molar-refractivity contribution in [3.8, 4) is 6.07 Å². The summed E-state index contributed by atoms with van der Waals surface area (Å²) in [6.07, 6.45) is -0.665. The molecule has 2 rings (SSSR count). The molecular weight excluding hydrogens is 320 g/mol. The van der Waals surface area contributed by atoms with E-state index in [2.05, 4.69) is 11.4 Å². The minimum absolute atomic E-state index is 0.0465. The van der Waals surface area contributed by atoms with Gasteiger partial charge in [0.25, 0.3) is 5.91 Å². The van der Waals surface area contributed by atoms with E-state index in [1.165, 1.54) is 7.11 Å². The Morgan fingerprint density at radius 2 is 1.88 bits per heavy atom. The second-order valence-electron chi connectivity index (χ2n) is 5.35. The van der Waals surface area contributed by atoms with E-state index in [4.69, 9.17) is 10.00 Å². The van der Waals surface area contributed by atoms with Gasteiger partial charge in [-0.25, -0.2) is 0 Å². The van der Waals surface area contributed by atoms with Crippen molar-refractivity contribution in [2.45, 2.75) is 17.9 Å². The van der Waals surface area contributed by atoms with Crippen molar-refractivity contribution in [2.24, 2.45) is 5.92 Å². The maximum Gasteiger partial charge on any atom is 0.258 e. The Morgan fingerprint density at radius 3 is 2.54 bits per heavy atom. The number of amides is 1. The van der Waals surface area contributed by atoms with Crippen LogP contribution in [0.2, 0.25) is 0 Å². The monoisotopic (exact) mass is 340 g/mol. The van der Waals surface area contributed by atoms with Gasteiger partial charge in [0, 0.05) is 17.8 Å². The molecule has 0 heterocycles. The number of thioether (sulfide) groups is 1. The van der Waals surface area contributed by atoms with Crippen LogP contribution in [-0.4, -0.2) is 18.8 Å². The Morgan fingerprint density at radius 1 is 1.21 bits per heavy atom. The zero-order valence-electron chi connectivity index (χ0n) is 13.7. The van der Waals surface area contributed by atoms with E-state index in [0.717, 1.165) is 16.1 Å². The van der Waals surface area contributed by atoms with Crippen LogP contribution in [0.5, 0.6) is 0 Å². The molecule has 2 atom stereocenters. The van der Waals surface area contributed by atoms with Crippen LogP contribution < -0.4 is 5.32 Å². The lowest BCUT2D eigenvalue weighted by atomic mass is 10.1. The molecule has 0 saturated carbocycles. The third-order valence-corrected chi connectivity index (χ3v) is 4.76. The second-order valence-corrected chi connectivity index (χ2v) is 6.41. The molecule has 2 aromatic carbocycles. The highest BCUT2D eigenvalue weighted by atomic mass is 32.2. The number of ether oxygens (including phenoxy) is 1. The predicted molar refractivity (Wildman–Crippen MR) is 96.8 cm³/mol. The lowest BCUT2D eigenvalue weighted by molar-refractivity contribution is -0.126. The third-order valence-electron chi connectivity index (χ3n) is 3.43. The predicted octanol–water partition coefficient (Wildman–Crippen LogP) is 4.26. The van der Waals surface area contributed by atoms with Crippen LogP contribution in [0.25, 0.3) is 0 Å². The van der Waals surface area contributed by atoms with Gasteiger partial charge >= 0.3 is 0 Å². The Balaban J connectivity index is 2.12. The van der Waals surface area contributed by atoms with Crippen molar-refractivity contribution in [3.05, 3.63) is 60.2 Å². The first-order valence-corrected chi connectivity index (χ1v) is 8.64. The first-order valence-electron chi connectivity index (χ1n) is 7.65. The van der Waals surface area contributed by atoms with Crippen molar-refractivity contribution < 1.29 is 9.53 Å². The first-order chi connectivity index (χ1) is 11.7. The molecule has 24 heavy (non-hydrogen) atoms. The van der Waals surface area contributed by atoms with Gasteiger partial charge in [-0.15, -0.1) is 11.8 Å². The van der Waals surface area contributed by atoms with E-state index in [9.17, 15) is 4.79 Å². The molecule has 0 aromatic heterocycles. The van der Waals surface area contributed by atoms with Gasteiger partial charge in [-0.2, -0.15) is 5.26 Å². The number of nitriles is 1. The summed E-state index contributed by atoms with van der Waals surface area (Å²) < 4.78 is 5.36. The van der Waals surface area contributed by atoms with Crippen LogP contribution in [-0.2, 0) is 9.53 Å². The van der Waals surface area contributed by atoms with E-state index in [1.807, 2.05) is 61.5 Å². The molecule has 0 aliphatic rings. The smallest absolute Gasteiger partial charge is 0.258 e. The fourth-order valence-corrected chi connectivity index (χ4v) is 3.12. The highest BCUT2D eigenvalue weighted by Crippen LogP contribution is 2.29. The number of hydrogen-bond acceptors (Lipinski definition) is 4. The number of carbonyl (C=O) groups is 1. The van der Waals surface area contributed by atoms with Crippen molar-refractivity contribution >= 4 is 23.4 Å². The van der Waals surface area contributed by atoms with Crippen LogP contribution in [0, 0.1) is 17.2 Å². The summed E-state index contributed by atoms with van der Waals surface area (Å²) in [7, 11) is 1.52. The zero-order valence-corrected chi connectivity index (χ0v) is 14.5. The van der Waals surface area contributed by atoms with Gasteiger partial charge in [0.2, 0.25) is 0 Å². The largest absolute Gasteiger partial charge is 0.367 e. The summed E-state index contributed by atoms with van der Waals surface area (Å²) >= 11 is 1.56. The van der Waals surface area contributed by atoms with Crippen molar-refractivity contribution in [2.75, 3.05) is 18.2 Å². The van der Waals surface area contributed by atoms with Crippen LogP contribution in [0.4, 0.5) is 5.69 Å². The number of hydrogen-bond donors (Lipinski definition) is 1. The molecule has 0 unspecified atom stereocenters. The number of nitrogens with one attached hydrogen (secondary N) is 1. The molecule has 1 N–H and O–H groups in total. The summed E-state index contributed by atoms with van der Waals surface area (Å²) in [5.74, 6) is 0.412. The second kappa shape index (κ2) is 9.11. The summed E-state index contributed by atoms with van der Waals surface area (Å²) in [6, 6.07) is 19.2. The molecule has 0 aliphatic carbocycles. The topological polar surface area (TPSA) is 62.1 Å². The quantitative estimate of drug-likeness (QED) is 0.765. The SMILES string of the molecule is CO[C@@H](C(=O)Nc1ccccc1SC[C@@H](C)C#N)c1ccccc1. The minimum atomic E-state index is -0.665. The van der Waals surface area contributed by atoms with E-state index in [0.29, 0.717) is 5.75 Å². The summed E-state index contributed by atoms with van der Waals surface area (Å²) in [4.78, 5) is 13.5. The fraction of sp³-hybridized carbons (Fsp3) is 0.263. The Bertz CT molecular complexity index is 713. The van der Waals surface area contributed by atoms with Crippen molar-refractivity contribution in [1.29, 1.82) is 5.26 Å². The van der Waals surface area contributed by atoms with Gasteiger partial charge in [0.1, 0.15) is 0 Å². The normalized spacial score (nSPS) is 12.9. The molecule has 2 aromatic rings. The fourth-order valence-electron chi connectivity index (χ4n) is 2.17. The lowest BCUT2D eigenvalue weighted by Gasteiger charge is -2.17. The zero-order chi connectivity index (χ0) is 17.4. The summed E-state index contributed by atoms with van der Waals surface area (Å²) in [5.41, 5.74) is 1.54. The molecule has 0 spiro atoms. The maximum absolute atomic E-state index is 12.6. The Kier molecular flexibility index (Phi) is 6.86.